The molecule has 6 heteroatoms. The van der Waals surface area contributed by atoms with Crippen LogP contribution in [0.25, 0.3) is 0 Å². The third kappa shape index (κ3) is 2.64. The minimum atomic E-state index is -0.938. The molecule has 0 aliphatic rings. The average molecular weight is 282 g/mol. The van der Waals surface area contributed by atoms with Crippen LogP contribution in [0.5, 0.6) is 5.75 Å². The highest BCUT2D eigenvalue weighted by Crippen LogP contribution is 2.32. The molecule has 0 radical (unpaired) electrons. The lowest BCUT2D eigenvalue weighted by atomic mass is 10.1. The standard InChI is InChI=1S/C9H10BrF2NO2/c1-14-9-5(2-3-15-13)8(12)7(11)4-6(9)10/h4H,2-3,13H2,1H3. The Balaban J connectivity index is 3.18. The molecule has 0 aliphatic heterocycles. The van der Waals surface area contributed by atoms with Gasteiger partial charge in [-0.15, -0.1) is 0 Å². The van der Waals surface area contributed by atoms with Crippen LogP contribution in [0.2, 0.25) is 0 Å². The van der Waals surface area contributed by atoms with Gasteiger partial charge < -0.3 is 9.57 Å². The van der Waals surface area contributed by atoms with Gasteiger partial charge in [-0.25, -0.2) is 14.7 Å². The predicted molar refractivity (Wildman–Crippen MR) is 54.5 cm³/mol. The summed E-state index contributed by atoms with van der Waals surface area (Å²) in [6.45, 7) is 0.0865. The molecule has 0 heterocycles. The first-order chi connectivity index (χ1) is 7.11. The fourth-order valence-electron chi connectivity index (χ4n) is 1.23. The second-order valence-corrected chi connectivity index (χ2v) is 3.64. The molecule has 2 N–H and O–H groups in total. The lowest BCUT2D eigenvalue weighted by Crippen LogP contribution is -2.08. The highest BCUT2D eigenvalue weighted by Gasteiger charge is 2.17. The molecule has 15 heavy (non-hydrogen) atoms. The SMILES string of the molecule is COc1c(Br)cc(F)c(F)c1CCON. The van der Waals surface area contributed by atoms with Crippen LogP contribution in [0.1, 0.15) is 5.56 Å². The van der Waals surface area contributed by atoms with E-state index in [2.05, 4.69) is 20.8 Å². The van der Waals surface area contributed by atoms with Crippen molar-refractivity contribution in [1.29, 1.82) is 0 Å². The molecule has 0 spiro atoms. The molecule has 0 unspecified atom stereocenters. The van der Waals surface area contributed by atoms with Crippen molar-refractivity contribution in [3.63, 3.8) is 0 Å². The monoisotopic (exact) mass is 281 g/mol. The molecule has 0 saturated heterocycles. The largest absolute Gasteiger partial charge is 0.495 e. The Bertz CT molecular complexity index is 360. The first-order valence-electron chi connectivity index (χ1n) is 4.13. The molecular formula is C9H10BrF2NO2. The van der Waals surface area contributed by atoms with Crippen molar-refractivity contribution < 1.29 is 18.4 Å². The Kier molecular flexibility index (Phi) is 4.44. The zero-order valence-electron chi connectivity index (χ0n) is 8.02. The van der Waals surface area contributed by atoms with Crippen molar-refractivity contribution in [2.45, 2.75) is 6.42 Å². The maximum Gasteiger partial charge on any atom is 0.165 e. The van der Waals surface area contributed by atoms with Gasteiger partial charge in [-0.05, 0) is 22.0 Å². The number of hydrogen-bond acceptors (Lipinski definition) is 3. The maximum atomic E-state index is 13.4. The number of hydrogen-bond donors (Lipinski definition) is 1. The van der Waals surface area contributed by atoms with E-state index in [1.807, 2.05) is 0 Å². The van der Waals surface area contributed by atoms with Crippen LogP contribution in [0.15, 0.2) is 10.5 Å². The lowest BCUT2D eigenvalue weighted by Gasteiger charge is -2.11. The first kappa shape index (κ1) is 12.4. The Morgan fingerprint density at radius 3 is 2.67 bits per heavy atom. The molecule has 0 atom stereocenters. The van der Waals surface area contributed by atoms with E-state index in [0.717, 1.165) is 6.07 Å². The number of ether oxygens (including phenoxy) is 1. The quantitative estimate of drug-likeness (QED) is 0.680. The van der Waals surface area contributed by atoms with Crippen LogP contribution in [0.4, 0.5) is 8.78 Å². The number of benzene rings is 1. The van der Waals surface area contributed by atoms with E-state index in [1.165, 1.54) is 7.11 Å². The van der Waals surface area contributed by atoms with Crippen LogP contribution >= 0.6 is 15.9 Å². The summed E-state index contributed by atoms with van der Waals surface area (Å²) in [6, 6.07) is 1.01. The molecule has 0 amide bonds. The Hall–Kier alpha value is -0.720. The molecule has 3 nitrogen and oxygen atoms in total. The number of halogens is 3. The van der Waals surface area contributed by atoms with E-state index in [4.69, 9.17) is 10.6 Å². The van der Waals surface area contributed by atoms with Crippen LogP contribution in [-0.4, -0.2) is 13.7 Å². The van der Waals surface area contributed by atoms with E-state index in [0.29, 0.717) is 4.47 Å². The first-order valence-corrected chi connectivity index (χ1v) is 4.93. The molecule has 0 saturated carbocycles. The predicted octanol–water partition coefficient (Wildman–Crippen LogP) is 2.17. The highest BCUT2D eigenvalue weighted by molar-refractivity contribution is 9.10. The lowest BCUT2D eigenvalue weighted by molar-refractivity contribution is 0.140. The molecule has 0 aromatic heterocycles. The van der Waals surface area contributed by atoms with Gasteiger partial charge in [-0.3, -0.25) is 0 Å². The van der Waals surface area contributed by atoms with Crippen molar-refractivity contribution in [3.05, 3.63) is 27.7 Å². The maximum absolute atomic E-state index is 13.4. The van der Waals surface area contributed by atoms with Gasteiger partial charge >= 0.3 is 0 Å². The third-order valence-corrected chi connectivity index (χ3v) is 2.48. The summed E-state index contributed by atoms with van der Waals surface area (Å²) in [6.07, 6.45) is 0.141. The van der Waals surface area contributed by atoms with Crippen LogP contribution in [0, 0.1) is 11.6 Å². The highest BCUT2D eigenvalue weighted by atomic mass is 79.9. The molecule has 0 bridgehead atoms. The molecule has 1 rings (SSSR count). The van der Waals surface area contributed by atoms with E-state index in [9.17, 15) is 8.78 Å². The molecule has 84 valence electrons. The summed E-state index contributed by atoms with van der Waals surface area (Å²) in [4.78, 5) is 4.32. The third-order valence-electron chi connectivity index (χ3n) is 1.89. The van der Waals surface area contributed by atoms with Crippen molar-refractivity contribution in [1.82, 2.24) is 0 Å². The van der Waals surface area contributed by atoms with Gasteiger partial charge in [0.2, 0.25) is 0 Å². The average Bonchev–Trinajstić information content (AvgIpc) is 2.21. The second kappa shape index (κ2) is 5.39. The molecule has 1 aromatic rings. The Labute approximate surface area is 94.2 Å². The summed E-state index contributed by atoms with van der Waals surface area (Å²) in [5.41, 5.74) is 0.106. The number of rotatable bonds is 4. The van der Waals surface area contributed by atoms with Crippen LogP contribution in [0.3, 0.4) is 0 Å². The number of methoxy groups -OCH3 is 1. The van der Waals surface area contributed by atoms with Gasteiger partial charge in [0, 0.05) is 12.0 Å². The van der Waals surface area contributed by atoms with E-state index in [1.54, 1.807) is 0 Å². The van der Waals surface area contributed by atoms with E-state index < -0.39 is 11.6 Å². The fourth-order valence-corrected chi connectivity index (χ4v) is 1.84. The second-order valence-electron chi connectivity index (χ2n) is 2.79. The number of nitrogens with two attached hydrogens (primary N) is 1. The normalized spacial score (nSPS) is 10.5. The van der Waals surface area contributed by atoms with Gasteiger partial charge in [0.25, 0.3) is 0 Å². The summed E-state index contributed by atoms with van der Waals surface area (Å²) in [7, 11) is 1.38. The van der Waals surface area contributed by atoms with E-state index >= 15 is 0 Å². The van der Waals surface area contributed by atoms with Gasteiger partial charge in [0.05, 0.1) is 18.2 Å². The molecule has 0 fully saturated rings. The van der Waals surface area contributed by atoms with E-state index in [-0.39, 0.29) is 24.3 Å². The minimum absolute atomic E-state index is 0.0865. The summed E-state index contributed by atoms with van der Waals surface area (Å²) < 4.78 is 31.7. The molecule has 0 aliphatic carbocycles. The van der Waals surface area contributed by atoms with Crippen molar-refractivity contribution in [2.24, 2.45) is 5.90 Å². The summed E-state index contributed by atoms with van der Waals surface area (Å²) in [5.74, 6) is 3.21. The zero-order valence-corrected chi connectivity index (χ0v) is 9.61. The van der Waals surface area contributed by atoms with Gasteiger partial charge in [-0.1, -0.05) is 0 Å². The zero-order chi connectivity index (χ0) is 11.4. The van der Waals surface area contributed by atoms with Gasteiger partial charge in [0.1, 0.15) is 5.75 Å². The smallest absolute Gasteiger partial charge is 0.165 e. The fraction of sp³-hybridized carbons (Fsp3) is 0.333. The van der Waals surface area contributed by atoms with Crippen LogP contribution in [-0.2, 0) is 11.3 Å². The minimum Gasteiger partial charge on any atom is -0.495 e. The van der Waals surface area contributed by atoms with Crippen molar-refractivity contribution >= 4 is 15.9 Å². The van der Waals surface area contributed by atoms with Gasteiger partial charge in [-0.2, -0.15) is 0 Å². The van der Waals surface area contributed by atoms with Crippen molar-refractivity contribution in [2.75, 3.05) is 13.7 Å². The Morgan fingerprint density at radius 2 is 2.13 bits per heavy atom. The van der Waals surface area contributed by atoms with Crippen LogP contribution < -0.4 is 10.6 Å². The summed E-state index contributed by atoms with van der Waals surface area (Å²) >= 11 is 3.08. The molecule has 1 aromatic carbocycles. The Morgan fingerprint density at radius 1 is 1.47 bits per heavy atom. The molecular weight excluding hydrogens is 272 g/mol. The van der Waals surface area contributed by atoms with Gasteiger partial charge in [0.15, 0.2) is 11.6 Å². The topological polar surface area (TPSA) is 44.5 Å². The summed E-state index contributed by atoms with van der Waals surface area (Å²) in [5, 5.41) is 0. The van der Waals surface area contributed by atoms with Crippen molar-refractivity contribution in [3.8, 4) is 5.75 Å².